The highest BCUT2D eigenvalue weighted by Crippen LogP contribution is 2.14. The van der Waals surface area contributed by atoms with E-state index in [4.69, 9.17) is 14.2 Å². The maximum atomic E-state index is 12.8. The van der Waals surface area contributed by atoms with Gasteiger partial charge in [-0.05, 0) is 83.5 Å². The third-order valence-electron chi connectivity index (χ3n) is 10.9. The molecule has 0 saturated carbocycles. The van der Waals surface area contributed by atoms with Gasteiger partial charge >= 0.3 is 17.9 Å². The lowest BCUT2D eigenvalue weighted by Crippen LogP contribution is -2.30. The van der Waals surface area contributed by atoms with Crippen LogP contribution in [0, 0.1) is 0 Å². The van der Waals surface area contributed by atoms with Crippen LogP contribution in [0.25, 0.3) is 0 Å². The molecule has 0 aliphatic carbocycles. The number of ether oxygens (including phenoxy) is 3. The van der Waals surface area contributed by atoms with Crippen molar-refractivity contribution in [3.05, 3.63) is 72.9 Å². The van der Waals surface area contributed by atoms with Crippen molar-refractivity contribution in [2.75, 3.05) is 13.2 Å². The highest BCUT2D eigenvalue weighted by atomic mass is 16.6. The number of carbonyl (C=O) groups is 3. The highest BCUT2D eigenvalue weighted by Gasteiger charge is 2.19. The number of rotatable bonds is 46. The van der Waals surface area contributed by atoms with E-state index in [-0.39, 0.29) is 37.5 Å². The second kappa shape index (κ2) is 50.5. The Balaban J connectivity index is 4.42. The first-order valence-corrected chi connectivity index (χ1v) is 25.9. The zero-order chi connectivity index (χ0) is 45.1. The zero-order valence-electron chi connectivity index (χ0n) is 40.6. The minimum absolute atomic E-state index is 0.0995. The monoisotopic (exact) mass is 865 g/mol. The second-order valence-electron chi connectivity index (χ2n) is 17.1. The van der Waals surface area contributed by atoms with E-state index in [0.29, 0.717) is 19.3 Å². The molecule has 62 heavy (non-hydrogen) atoms. The van der Waals surface area contributed by atoms with Crippen LogP contribution in [0.3, 0.4) is 0 Å². The standard InChI is InChI=1S/C56H96O6/c1-4-7-10-13-16-19-21-23-25-27-29-30-32-34-37-40-43-46-49-55(58)61-52-53(51-60-54(57)48-45-42-39-36-18-15-12-9-6-3)62-56(59)50-47-44-41-38-35-33-31-28-26-24-22-20-17-14-11-8-5-2/h8,11,17,20,24,26,29-31,33,38,41,53H,4-7,9-10,12-16,18-19,21-23,25,27-28,32,34-37,39-40,42-52H2,1-3H3/b11-8-,20-17-,26-24-,30-29-,33-31-,41-38-. The third kappa shape index (κ3) is 47.9. The number of hydrogen-bond donors (Lipinski definition) is 0. The van der Waals surface area contributed by atoms with E-state index >= 15 is 0 Å². The molecule has 0 aliphatic rings. The van der Waals surface area contributed by atoms with E-state index < -0.39 is 6.10 Å². The van der Waals surface area contributed by atoms with Gasteiger partial charge in [0.2, 0.25) is 0 Å². The minimum atomic E-state index is -0.805. The van der Waals surface area contributed by atoms with Crippen molar-refractivity contribution in [2.45, 2.75) is 252 Å². The fourth-order valence-electron chi connectivity index (χ4n) is 7.06. The maximum absolute atomic E-state index is 12.8. The van der Waals surface area contributed by atoms with Crippen molar-refractivity contribution >= 4 is 17.9 Å². The van der Waals surface area contributed by atoms with Gasteiger partial charge in [0.05, 0.1) is 0 Å². The van der Waals surface area contributed by atoms with Crippen LogP contribution in [0.1, 0.15) is 245 Å². The van der Waals surface area contributed by atoms with Crippen molar-refractivity contribution in [1.82, 2.24) is 0 Å². The van der Waals surface area contributed by atoms with Crippen molar-refractivity contribution < 1.29 is 28.6 Å². The lowest BCUT2D eigenvalue weighted by Gasteiger charge is -2.18. The summed E-state index contributed by atoms with van der Waals surface area (Å²) in [5, 5.41) is 0. The fourth-order valence-corrected chi connectivity index (χ4v) is 7.06. The Morgan fingerprint density at radius 1 is 0.339 bits per heavy atom. The Morgan fingerprint density at radius 2 is 0.645 bits per heavy atom. The Hall–Kier alpha value is -3.15. The molecule has 1 atom stereocenters. The predicted octanol–water partition coefficient (Wildman–Crippen LogP) is 17.0. The summed E-state index contributed by atoms with van der Waals surface area (Å²) in [6, 6.07) is 0. The first-order valence-electron chi connectivity index (χ1n) is 25.9. The number of hydrogen-bond acceptors (Lipinski definition) is 6. The molecule has 6 nitrogen and oxygen atoms in total. The van der Waals surface area contributed by atoms with Crippen molar-refractivity contribution in [3.63, 3.8) is 0 Å². The van der Waals surface area contributed by atoms with Gasteiger partial charge in [-0.3, -0.25) is 14.4 Å². The average molecular weight is 865 g/mol. The summed E-state index contributed by atoms with van der Waals surface area (Å²) in [5.41, 5.74) is 0. The van der Waals surface area contributed by atoms with Crippen LogP contribution in [-0.4, -0.2) is 37.2 Å². The first kappa shape index (κ1) is 58.9. The summed E-state index contributed by atoms with van der Waals surface area (Å²) < 4.78 is 16.7. The molecule has 0 saturated heterocycles. The normalized spacial score (nSPS) is 12.6. The van der Waals surface area contributed by atoms with Gasteiger partial charge in [0.25, 0.3) is 0 Å². The van der Waals surface area contributed by atoms with Gasteiger partial charge in [0.1, 0.15) is 13.2 Å². The fraction of sp³-hybridized carbons (Fsp3) is 0.732. The van der Waals surface area contributed by atoms with Gasteiger partial charge in [-0.15, -0.1) is 0 Å². The van der Waals surface area contributed by atoms with Crippen LogP contribution in [0.15, 0.2) is 72.9 Å². The molecule has 0 spiro atoms. The first-order chi connectivity index (χ1) is 30.5. The largest absolute Gasteiger partial charge is 0.462 e. The van der Waals surface area contributed by atoms with E-state index in [1.165, 1.54) is 116 Å². The molecule has 0 aromatic heterocycles. The summed E-state index contributed by atoms with van der Waals surface area (Å²) >= 11 is 0. The summed E-state index contributed by atoms with van der Waals surface area (Å²) in [7, 11) is 0. The molecule has 0 radical (unpaired) electrons. The quantitative estimate of drug-likeness (QED) is 0.0262. The van der Waals surface area contributed by atoms with Crippen LogP contribution in [0.2, 0.25) is 0 Å². The number of esters is 3. The summed E-state index contributed by atoms with van der Waals surface area (Å²) in [6.45, 7) is 6.45. The molecule has 0 N–H and O–H groups in total. The van der Waals surface area contributed by atoms with Crippen LogP contribution < -0.4 is 0 Å². The van der Waals surface area contributed by atoms with Gasteiger partial charge in [-0.2, -0.15) is 0 Å². The molecule has 0 amide bonds. The van der Waals surface area contributed by atoms with Crippen molar-refractivity contribution in [3.8, 4) is 0 Å². The van der Waals surface area contributed by atoms with E-state index in [1.54, 1.807) is 0 Å². The SMILES string of the molecule is CC/C=C\C/C=C\C/C=C\C/C=C\C/C=C\CCCC(=O)OC(COC(=O)CCCCCCC/C=C\CCCCCCCCCCC)COC(=O)CCCCCCCCCCC. The Labute approximate surface area is 382 Å². The van der Waals surface area contributed by atoms with Gasteiger partial charge in [-0.1, -0.05) is 216 Å². The van der Waals surface area contributed by atoms with Gasteiger partial charge in [-0.25, -0.2) is 0 Å². The van der Waals surface area contributed by atoms with Crippen molar-refractivity contribution in [2.24, 2.45) is 0 Å². The Kier molecular flexibility index (Phi) is 47.9. The minimum Gasteiger partial charge on any atom is -0.462 e. The molecular formula is C56H96O6. The molecule has 0 aromatic carbocycles. The molecule has 0 heterocycles. The van der Waals surface area contributed by atoms with Gasteiger partial charge < -0.3 is 14.2 Å². The topological polar surface area (TPSA) is 78.9 Å². The summed E-state index contributed by atoms with van der Waals surface area (Å²) in [4.78, 5) is 37.9. The van der Waals surface area contributed by atoms with Crippen LogP contribution in [0.4, 0.5) is 0 Å². The highest BCUT2D eigenvalue weighted by molar-refractivity contribution is 5.71. The van der Waals surface area contributed by atoms with E-state index in [9.17, 15) is 14.4 Å². The number of allylic oxidation sites excluding steroid dienone is 12. The van der Waals surface area contributed by atoms with E-state index in [0.717, 1.165) is 83.5 Å². The summed E-state index contributed by atoms with van der Waals surface area (Å²) in [5.74, 6) is -0.968. The number of unbranched alkanes of at least 4 members (excludes halogenated alkanes) is 23. The van der Waals surface area contributed by atoms with Gasteiger partial charge in [0, 0.05) is 19.3 Å². The van der Waals surface area contributed by atoms with Gasteiger partial charge in [0.15, 0.2) is 6.10 Å². The zero-order valence-corrected chi connectivity index (χ0v) is 40.6. The van der Waals surface area contributed by atoms with Crippen LogP contribution in [0.5, 0.6) is 0 Å². The van der Waals surface area contributed by atoms with Crippen LogP contribution in [-0.2, 0) is 28.6 Å². The Bertz CT molecular complexity index is 1180. The summed E-state index contributed by atoms with van der Waals surface area (Å²) in [6.07, 6.45) is 63.3. The molecule has 0 bridgehead atoms. The molecule has 0 aromatic rings. The second-order valence-corrected chi connectivity index (χ2v) is 17.1. The lowest BCUT2D eigenvalue weighted by molar-refractivity contribution is -0.167. The molecule has 6 heteroatoms. The third-order valence-corrected chi connectivity index (χ3v) is 10.9. The van der Waals surface area contributed by atoms with Crippen molar-refractivity contribution in [1.29, 1.82) is 0 Å². The van der Waals surface area contributed by atoms with Crippen LogP contribution >= 0.6 is 0 Å². The van der Waals surface area contributed by atoms with E-state index in [2.05, 4.69) is 93.7 Å². The number of carbonyl (C=O) groups excluding carboxylic acids is 3. The molecule has 0 rings (SSSR count). The lowest BCUT2D eigenvalue weighted by atomic mass is 10.1. The molecule has 356 valence electrons. The smallest absolute Gasteiger partial charge is 0.306 e. The molecular weight excluding hydrogens is 769 g/mol. The molecule has 0 aliphatic heterocycles. The maximum Gasteiger partial charge on any atom is 0.306 e. The average Bonchev–Trinajstić information content (AvgIpc) is 3.27. The molecule has 0 fully saturated rings. The predicted molar refractivity (Wildman–Crippen MR) is 265 cm³/mol. The van der Waals surface area contributed by atoms with E-state index in [1.807, 2.05) is 0 Å². The molecule has 1 unspecified atom stereocenters. The Morgan fingerprint density at radius 3 is 1.05 bits per heavy atom.